The molecule has 5 rings (SSSR count). The number of halogens is 1. The second-order valence-electron chi connectivity index (χ2n) is 11.5. The largest absolute Gasteiger partial charge is 0.389 e. The van der Waals surface area contributed by atoms with Crippen LogP contribution in [0.25, 0.3) is 0 Å². The highest BCUT2D eigenvalue weighted by molar-refractivity contribution is 5.95. The van der Waals surface area contributed by atoms with Gasteiger partial charge >= 0.3 is 0 Å². The van der Waals surface area contributed by atoms with Gasteiger partial charge in [0.2, 0.25) is 0 Å². The molecule has 0 spiro atoms. The van der Waals surface area contributed by atoms with Gasteiger partial charge in [-0.3, -0.25) is 4.79 Å². The quantitative estimate of drug-likeness (QED) is 0.401. The first-order valence-electron chi connectivity index (χ1n) is 14.1. The van der Waals surface area contributed by atoms with Gasteiger partial charge in [0.05, 0.1) is 5.60 Å². The molecule has 3 aliphatic rings. The zero-order valence-electron chi connectivity index (χ0n) is 23.3. The first-order valence-corrected chi connectivity index (χ1v) is 14.1. The lowest BCUT2D eigenvalue weighted by Crippen LogP contribution is -2.41. The number of aliphatic hydroxyl groups is 1. The molecule has 4 heteroatoms. The van der Waals surface area contributed by atoms with Gasteiger partial charge in [0.25, 0.3) is 5.91 Å². The van der Waals surface area contributed by atoms with Crippen molar-refractivity contribution in [3.63, 3.8) is 0 Å². The maximum absolute atomic E-state index is 13.1. The molecule has 3 aliphatic carbocycles. The molecule has 2 atom stereocenters. The summed E-state index contributed by atoms with van der Waals surface area (Å²) in [4.78, 5) is 11.8. The maximum Gasteiger partial charge on any atom is 0.251 e. The summed E-state index contributed by atoms with van der Waals surface area (Å²) < 4.78 is 13.1. The van der Waals surface area contributed by atoms with E-state index in [1.807, 2.05) is 50.2 Å². The zero-order chi connectivity index (χ0) is 27.3. The number of allylic oxidation sites excluding steroid dienone is 5. The lowest BCUT2D eigenvalue weighted by molar-refractivity contribution is -0.0220. The first kappa shape index (κ1) is 28.0. The van der Waals surface area contributed by atoms with Crippen LogP contribution in [0.5, 0.6) is 0 Å². The van der Waals surface area contributed by atoms with Crippen molar-refractivity contribution in [3.05, 3.63) is 106 Å². The molecular weight excluding hydrogens is 473 g/mol. The van der Waals surface area contributed by atoms with Crippen molar-refractivity contribution in [2.45, 2.75) is 78.2 Å². The third-order valence-corrected chi connectivity index (χ3v) is 8.65. The van der Waals surface area contributed by atoms with Crippen molar-refractivity contribution < 1.29 is 14.3 Å². The Morgan fingerprint density at radius 3 is 2.50 bits per heavy atom. The van der Waals surface area contributed by atoms with E-state index < -0.39 is 5.60 Å². The summed E-state index contributed by atoms with van der Waals surface area (Å²) in [5.74, 6) is 0.625. The molecule has 0 bridgehead atoms. The fraction of sp³-hybridized carbons (Fsp3) is 0.441. The second-order valence-corrected chi connectivity index (χ2v) is 11.5. The second kappa shape index (κ2) is 11.8. The molecule has 0 radical (unpaired) electrons. The molecular formula is C34H42FNO2. The topological polar surface area (TPSA) is 49.3 Å². The highest BCUT2D eigenvalue weighted by atomic mass is 19.1. The lowest BCUT2D eigenvalue weighted by Gasteiger charge is -2.41. The summed E-state index contributed by atoms with van der Waals surface area (Å²) in [6.07, 6.45) is 13.4. The minimum absolute atomic E-state index is 0.0827. The van der Waals surface area contributed by atoms with E-state index in [4.69, 9.17) is 0 Å². The number of fused-ring (bicyclic) bond motifs is 1. The average molecular weight is 516 g/mol. The van der Waals surface area contributed by atoms with Crippen molar-refractivity contribution in [1.29, 1.82) is 0 Å². The molecule has 2 fully saturated rings. The van der Waals surface area contributed by atoms with Crippen LogP contribution in [0.2, 0.25) is 0 Å². The van der Waals surface area contributed by atoms with Crippen LogP contribution in [-0.2, 0) is 12.8 Å². The Balaban J connectivity index is 0.000000194. The van der Waals surface area contributed by atoms with Gasteiger partial charge in [0.15, 0.2) is 0 Å². The SMILES string of the molecule is C/C=C\C1=C(Cc2ccc(F)cc2)C=C2CCC(C)(O)C2(C)C1.CCc1ccccc1C(=O)NCC1CC1. The molecule has 2 saturated carbocycles. The predicted molar refractivity (Wildman–Crippen MR) is 153 cm³/mol. The van der Waals surface area contributed by atoms with E-state index in [-0.39, 0.29) is 17.1 Å². The highest BCUT2D eigenvalue weighted by Crippen LogP contribution is 2.56. The molecule has 3 nitrogen and oxygen atoms in total. The third kappa shape index (κ3) is 6.35. The van der Waals surface area contributed by atoms with Crippen LogP contribution in [0.3, 0.4) is 0 Å². The Hall–Kier alpha value is -2.98. The van der Waals surface area contributed by atoms with Crippen molar-refractivity contribution in [1.82, 2.24) is 5.32 Å². The van der Waals surface area contributed by atoms with Gasteiger partial charge in [-0.2, -0.15) is 0 Å². The Labute approximate surface area is 227 Å². The molecule has 38 heavy (non-hydrogen) atoms. The van der Waals surface area contributed by atoms with Crippen LogP contribution >= 0.6 is 0 Å². The van der Waals surface area contributed by atoms with Crippen molar-refractivity contribution in [3.8, 4) is 0 Å². The van der Waals surface area contributed by atoms with E-state index in [2.05, 4.69) is 37.4 Å². The van der Waals surface area contributed by atoms with E-state index in [1.54, 1.807) is 0 Å². The number of rotatable bonds is 7. The molecule has 0 aromatic heterocycles. The third-order valence-electron chi connectivity index (χ3n) is 8.65. The van der Waals surface area contributed by atoms with E-state index in [0.29, 0.717) is 0 Å². The van der Waals surface area contributed by atoms with Gasteiger partial charge < -0.3 is 10.4 Å². The van der Waals surface area contributed by atoms with E-state index in [0.717, 1.165) is 61.3 Å². The molecule has 2 aromatic rings. The number of benzene rings is 2. The summed E-state index contributed by atoms with van der Waals surface area (Å²) in [5.41, 5.74) is 6.19. The van der Waals surface area contributed by atoms with Crippen molar-refractivity contribution in [2.75, 3.05) is 6.54 Å². The minimum atomic E-state index is -0.646. The van der Waals surface area contributed by atoms with Crippen molar-refractivity contribution >= 4 is 5.91 Å². The molecule has 0 heterocycles. The van der Waals surface area contributed by atoms with E-state index in [9.17, 15) is 14.3 Å². The standard InChI is InChI=1S/C21H25FO.C13H17NO/c1-4-5-16-14-20(2)18(10-11-21(20,3)23)13-17(16)12-15-6-8-19(22)9-7-15;1-2-11-5-3-4-6-12(11)13(15)14-9-10-7-8-10/h4-9,13,23H,10-12,14H2,1-3H3;3-6,10H,2,7-9H2,1H3,(H,14,15)/b5-4-;. The lowest BCUT2D eigenvalue weighted by atomic mass is 9.66. The zero-order valence-corrected chi connectivity index (χ0v) is 23.3. The molecule has 0 aliphatic heterocycles. The minimum Gasteiger partial charge on any atom is -0.389 e. The van der Waals surface area contributed by atoms with Gasteiger partial charge in [0, 0.05) is 17.5 Å². The summed E-state index contributed by atoms with van der Waals surface area (Å²) in [6.45, 7) is 9.09. The van der Waals surface area contributed by atoms with Crippen LogP contribution in [0.1, 0.15) is 81.3 Å². The van der Waals surface area contributed by atoms with Gasteiger partial charge in [-0.15, -0.1) is 0 Å². The number of amides is 1. The Morgan fingerprint density at radius 1 is 1.13 bits per heavy atom. The van der Waals surface area contributed by atoms with Gasteiger partial charge in [0.1, 0.15) is 5.82 Å². The normalized spacial score (nSPS) is 24.5. The fourth-order valence-corrected chi connectivity index (χ4v) is 5.67. The highest BCUT2D eigenvalue weighted by Gasteiger charge is 2.51. The molecule has 2 unspecified atom stereocenters. The van der Waals surface area contributed by atoms with Crippen molar-refractivity contribution in [2.24, 2.45) is 11.3 Å². The van der Waals surface area contributed by atoms with Gasteiger partial charge in [-0.25, -0.2) is 4.39 Å². The van der Waals surface area contributed by atoms with Crippen LogP contribution in [-0.4, -0.2) is 23.2 Å². The number of aryl methyl sites for hydroxylation is 1. The maximum atomic E-state index is 13.1. The monoisotopic (exact) mass is 515 g/mol. The summed E-state index contributed by atoms with van der Waals surface area (Å²) in [6, 6.07) is 14.6. The summed E-state index contributed by atoms with van der Waals surface area (Å²) in [5, 5.41) is 13.8. The number of carbonyl (C=O) groups is 1. The molecule has 2 N–H and O–H groups in total. The summed E-state index contributed by atoms with van der Waals surface area (Å²) >= 11 is 0. The first-order chi connectivity index (χ1) is 18.2. The van der Waals surface area contributed by atoms with E-state index >= 15 is 0 Å². The molecule has 1 amide bonds. The van der Waals surface area contributed by atoms with Crippen LogP contribution in [0.15, 0.2) is 83.5 Å². The summed E-state index contributed by atoms with van der Waals surface area (Å²) in [7, 11) is 0. The fourth-order valence-electron chi connectivity index (χ4n) is 5.67. The number of carbonyl (C=O) groups excluding carboxylic acids is 1. The van der Waals surface area contributed by atoms with Gasteiger partial charge in [-0.1, -0.05) is 68.0 Å². The van der Waals surface area contributed by atoms with Crippen LogP contribution < -0.4 is 5.32 Å². The molecule has 2 aromatic carbocycles. The van der Waals surface area contributed by atoms with Crippen LogP contribution in [0.4, 0.5) is 4.39 Å². The predicted octanol–water partition coefficient (Wildman–Crippen LogP) is 7.51. The molecule has 202 valence electrons. The number of nitrogens with one attached hydrogen (secondary N) is 1. The Morgan fingerprint density at radius 2 is 1.84 bits per heavy atom. The Bertz CT molecular complexity index is 1230. The van der Waals surface area contributed by atoms with Gasteiger partial charge in [-0.05, 0) is 105 Å². The average Bonchev–Trinajstić information content (AvgIpc) is 3.71. The smallest absolute Gasteiger partial charge is 0.251 e. The molecule has 0 saturated heterocycles. The van der Waals surface area contributed by atoms with E-state index in [1.165, 1.54) is 41.7 Å². The number of hydrogen-bond acceptors (Lipinski definition) is 2. The van der Waals surface area contributed by atoms with Crippen LogP contribution in [0, 0.1) is 17.2 Å². The number of hydrogen-bond donors (Lipinski definition) is 2. The Kier molecular flexibility index (Phi) is 8.72.